The van der Waals surface area contributed by atoms with Crippen LogP contribution in [0, 0.1) is 12.8 Å². The number of nitrogens with zero attached hydrogens (tertiary/aromatic N) is 4. The molecule has 10 heteroatoms. The van der Waals surface area contributed by atoms with Gasteiger partial charge in [0, 0.05) is 60.9 Å². The predicted octanol–water partition coefficient (Wildman–Crippen LogP) is 4.52. The number of benzene rings is 2. The van der Waals surface area contributed by atoms with Gasteiger partial charge in [0.05, 0.1) is 11.5 Å². The molecule has 0 aliphatic carbocycles. The van der Waals surface area contributed by atoms with Crippen LogP contribution in [-0.2, 0) is 27.7 Å². The third-order valence-electron chi connectivity index (χ3n) is 7.29. The van der Waals surface area contributed by atoms with Gasteiger partial charge in [-0.05, 0) is 42.3 Å². The molecule has 2 aliphatic heterocycles. The molecule has 1 unspecified atom stereocenters. The quantitative estimate of drug-likeness (QED) is 0.522. The van der Waals surface area contributed by atoms with Crippen LogP contribution in [0.4, 0.5) is 30.2 Å². The Morgan fingerprint density at radius 1 is 1.22 bits per heavy atom. The highest BCUT2D eigenvalue weighted by molar-refractivity contribution is 6.05. The molecule has 7 nitrogen and oxygen atoms in total. The predicted molar refractivity (Wildman–Crippen MR) is 134 cm³/mol. The molecule has 1 aromatic heterocycles. The first-order chi connectivity index (χ1) is 17.3. The molecule has 194 valence electrons. The van der Waals surface area contributed by atoms with Crippen molar-refractivity contribution < 1.29 is 22.8 Å². The number of alkyl halides is 3. The van der Waals surface area contributed by atoms with Crippen LogP contribution < -0.4 is 15.5 Å². The average molecular weight is 512 g/mol. The highest BCUT2D eigenvalue weighted by atomic mass is 19.4. The van der Waals surface area contributed by atoms with E-state index in [9.17, 15) is 22.8 Å². The summed E-state index contributed by atoms with van der Waals surface area (Å²) in [5.74, 6) is -0.624. The van der Waals surface area contributed by atoms with Gasteiger partial charge in [0.25, 0.3) is 0 Å². The van der Waals surface area contributed by atoms with Gasteiger partial charge in [-0.25, -0.2) is 4.98 Å². The van der Waals surface area contributed by atoms with Gasteiger partial charge in [-0.15, -0.1) is 0 Å². The zero-order chi connectivity index (χ0) is 26.7. The van der Waals surface area contributed by atoms with Crippen LogP contribution in [0.1, 0.15) is 42.8 Å². The van der Waals surface area contributed by atoms with E-state index >= 15 is 0 Å². The Labute approximate surface area is 212 Å². The molecular weight excluding hydrogens is 483 g/mol. The molecule has 3 heterocycles. The van der Waals surface area contributed by atoms with Crippen LogP contribution in [0.5, 0.6) is 0 Å². The number of anilines is 3. The highest BCUT2D eigenvalue weighted by Gasteiger charge is 2.45. The molecule has 0 spiro atoms. The van der Waals surface area contributed by atoms with Crippen molar-refractivity contribution in [1.82, 2.24) is 9.55 Å². The van der Waals surface area contributed by atoms with Gasteiger partial charge in [-0.1, -0.05) is 26.0 Å². The van der Waals surface area contributed by atoms with Crippen molar-refractivity contribution >= 4 is 28.9 Å². The lowest BCUT2D eigenvalue weighted by atomic mass is 9.85. The lowest BCUT2D eigenvalue weighted by Crippen LogP contribution is -2.39. The van der Waals surface area contributed by atoms with Gasteiger partial charge in [0.1, 0.15) is 5.82 Å². The number of hydrogen-bond acceptors (Lipinski definition) is 4. The number of nitrogens with two attached hydrogens (primary N) is 1. The molecular formula is C27H28F3N5O2. The summed E-state index contributed by atoms with van der Waals surface area (Å²) in [7, 11) is 0. The van der Waals surface area contributed by atoms with E-state index in [1.165, 1.54) is 9.80 Å². The summed E-state index contributed by atoms with van der Waals surface area (Å²) in [5.41, 5.74) is 6.66. The largest absolute Gasteiger partial charge is 0.416 e. The maximum absolute atomic E-state index is 14.2. The molecule has 2 aromatic carbocycles. The Hall–Kier alpha value is -3.82. The first-order valence-corrected chi connectivity index (χ1v) is 12.0. The van der Waals surface area contributed by atoms with Gasteiger partial charge < -0.3 is 20.1 Å². The monoisotopic (exact) mass is 511 g/mol. The van der Waals surface area contributed by atoms with Gasteiger partial charge in [0.15, 0.2) is 0 Å². The number of carbonyl (C=O) groups excluding carboxylic acids is 2. The fraction of sp³-hybridized carbons (Fsp3) is 0.370. The van der Waals surface area contributed by atoms with Gasteiger partial charge in [-0.3, -0.25) is 9.59 Å². The number of imidazole rings is 1. The van der Waals surface area contributed by atoms with E-state index in [1.807, 2.05) is 13.8 Å². The van der Waals surface area contributed by atoms with E-state index in [0.29, 0.717) is 22.8 Å². The standard InChI is InChI=1S/C27H28F3N5O2/c1-16-32-7-8-33(16)13-17-9-22-23(12-21(17)27(28,29)30)35(15-26(22,2)3)25(37)18-10-24(36)34(14-18)20-6-4-5-19(31)11-20/h4-9,11-12,18H,10,13-15,31H2,1-3H3. The first-order valence-electron chi connectivity index (χ1n) is 12.0. The lowest BCUT2D eigenvalue weighted by molar-refractivity contribution is -0.138. The molecule has 37 heavy (non-hydrogen) atoms. The average Bonchev–Trinajstić information content (AvgIpc) is 3.48. The third-order valence-corrected chi connectivity index (χ3v) is 7.29. The molecule has 1 saturated heterocycles. The molecule has 1 fully saturated rings. The molecule has 3 aromatic rings. The molecule has 2 N–H and O–H groups in total. The van der Waals surface area contributed by atoms with Crippen LogP contribution >= 0.6 is 0 Å². The molecule has 2 amide bonds. The number of nitrogen functional groups attached to an aromatic ring is 1. The topological polar surface area (TPSA) is 84.5 Å². The van der Waals surface area contributed by atoms with E-state index in [-0.39, 0.29) is 49.1 Å². The van der Waals surface area contributed by atoms with E-state index < -0.39 is 23.1 Å². The Morgan fingerprint density at radius 2 is 1.97 bits per heavy atom. The van der Waals surface area contributed by atoms with E-state index in [4.69, 9.17) is 5.73 Å². The molecule has 0 bridgehead atoms. The van der Waals surface area contributed by atoms with Gasteiger partial charge in [-0.2, -0.15) is 13.2 Å². The zero-order valence-electron chi connectivity index (χ0n) is 20.8. The van der Waals surface area contributed by atoms with Crippen molar-refractivity contribution in [2.24, 2.45) is 5.92 Å². The van der Waals surface area contributed by atoms with Crippen molar-refractivity contribution in [3.8, 4) is 0 Å². The summed E-state index contributed by atoms with van der Waals surface area (Å²) < 4.78 is 44.3. The Bertz CT molecular complexity index is 1390. The molecule has 0 saturated carbocycles. The van der Waals surface area contributed by atoms with E-state index in [0.717, 1.165) is 6.07 Å². The van der Waals surface area contributed by atoms with Crippen molar-refractivity contribution in [2.45, 2.75) is 45.3 Å². The second kappa shape index (κ2) is 8.64. The van der Waals surface area contributed by atoms with Crippen LogP contribution in [0.3, 0.4) is 0 Å². The number of carbonyl (C=O) groups is 2. The summed E-state index contributed by atoms with van der Waals surface area (Å²) >= 11 is 0. The minimum Gasteiger partial charge on any atom is -0.399 e. The normalized spacial score (nSPS) is 19.0. The maximum atomic E-state index is 14.2. The number of fused-ring (bicyclic) bond motifs is 1. The van der Waals surface area contributed by atoms with Crippen LogP contribution in [0.2, 0.25) is 0 Å². The Balaban J connectivity index is 1.49. The number of hydrogen-bond donors (Lipinski definition) is 1. The van der Waals surface area contributed by atoms with Gasteiger partial charge >= 0.3 is 6.18 Å². The summed E-state index contributed by atoms with van der Waals surface area (Å²) in [6.07, 6.45) is -1.42. The smallest absolute Gasteiger partial charge is 0.399 e. The fourth-order valence-electron chi connectivity index (χ4n) is 5.35. The summed E-state index contributed by atoms with van der Waals surface area (Å²) in [4.78, 5) is 33.5. The second-order valence-corrected chi connectivity index (χ2v) is 10.4. The number of rotatable bonds is 4. The zero-order valence-corrected chi connectivity index (χ0v) is 20.8. The fourth-order valence-corrected chi connectivity index (χ4v) is 5.35. The van der Waals surface area contributed by atoms with Crippen molar-refractivity contribution in [1.29, 1.82) is 0 Å². The first kappa shape index (κ1) is 24.9. The van der Waals surface area contributed by atoms with Crippen LogP contribution in [0.25, 0.3) is 0 Å². The minimum absolute atomic E-state index is 0.00991. The molecule has 0 radical (unpaired) electrons. The third kappa shape index (κ3) is 4.45. The van der Waals surface area contributed by atoms with Crippen LogP contribution in [0.15, 0.2) is 48.8 Å². The number of aryl methyl sites for hydroxylation is 1. The summed E-state index contributed by atoms with van der Waals surface area (Å²) in [6.45, 7) is 5.96. The highest BCUT2D eigenvalue weighted by Crippen LogP contribution is 2.46. The number of halogens is 3. The van der Waals surface area contributed by atoms with E-state index in [1.54, 1.807) is 54.2 Å². The van der Waals surface area contributed by atoms with E-state index in [2.05, 4.69) is 4.98 Å². The Morgan fingerprint density at radius 3 is 2.62 bits per heavy atom. The SMILES string of the molecule is Cc1nccn1Cc1cc2c(cc1C(F)(F)F)N(C(=O)C1CC(=O)N(c3cccc(N)c3)C1)CC2(C)C. The second-order valence-electron chi connectivity index (χ2n) is 10.4. The summed E-state index contributed by atoms with van der Waals surface area (Å²) in [6, 6.07) is 9.51. The molecule has 5 rings (SSSR count). The number of aromatic nitrogens is 2. The van der Waals surface area contributed by atoms with Crippen molar-refractivity contribution in [3.63, 3.8) is 0 Å². The molecule has 2 aliphatic rings. The molecule has 1 atom stereocenters. The van der Waals surface area contributed by atoms with Crippen molar-refractivity contribution in [3.05, 3.63) is 71.3 Å². The Kier molecular flexibility index (Phi) is 5.80. The minimum atomic E-state index is -4.60. The van der Waals surface area contributed by atoms with Crippen molar-refractivity contribution in [2.75, 3.05) is 28.6 Å². The van der Waals surface area contributed by atoms with Gasteiger partial charge in [0.2, 0.25) is 11.8 Å². The number of amides is 2. The maximum Gasteiger partial charge on any atom is 0.416 e. The lowest BCUT2D eigenvalue weighted by Gasteiger charge is -2.24. The van der Waals surface area contributed by atoms with Crippen LogP contribution in [-0.4, -0.2) is 34.5 Å². The summed E-state index contributed by atoms with van der Waals surface area (Å²) in [5, 5.41) is 0.